The molecular formula is C14H18NO4-. The number of likely N-dealkylation sites (tertiary alicyclic amines) is 1. The molecule has 2 bridgehead atoms. The molecule has 0 aromatic carbocycles. The Hall–Kier alpha value is -1.39. The van der Waals surface area contributed by atoms with Crippen LogP contribution in [0.5, 0.6) is 0 Å². The van der Waals surface area contributed by atoms with E-state index in [-0.39, 0.29) is 41.4 Å². The predicted molar refractivity (Wildman–Crippen MR) is 63.3 cm³/mol. The molecule has 5 atom stereocenters. The van der Waals surface area contributed by atoms with Crippen molar-refractivity contribution in [3.63, 3.8) is 0 Å². The highest BCUT2D eigenvalue weighted by molar-refractivity contribution is 6.08. The van der Waals surface area contributed by atoms with E-state index >= 15 is 0 Å². The Kier molecular flexibility index (Phi) is 2.69. The Balaban J connectivity index is 1.94. The van der Waals surface area contributed by atoms with Gasteiger partial charge in [-0.25, -0.2) is 0 Å². The predicted octanol–water partition coefficient (Wildman–Crippen LogP) is -0.208. The molecule has 0 radical (unpaired) electrons. The van der Waals surface area contributed by atoms with Gasteiger partial charge in [0.15, 0.2) is 0 Å². The summed E-state index contributed by atoms with van der Waals surface area (Å²) in [7, 11) is 0. The molecule has 104 valence electrons. The summed E-state index contributed by atoms with van der Waals surface area (Å²) in [6.07, 6.45) is 2.95. The van der Waals surface area contributed by atoms with Gasteiger partial charge in [-0.15, -0.1) is 0 Å². The van der Waals surface area contributed by atoms with Crippen LogP contribution in [0.3, 0.4) is 0 Å². The lowest BCUT2D eigenvalue weighted by Crippen LogP contribution is -2.54. The van der Waals surface area contributed by atoms with Crippen LogP contribution in [0.2, 0.25) is 0 Å². The van der Waals surface area contributed by atoms with E-state index in [1.165, 1.54) is 0 Å². The molecule has 0 spiro atoms. The van der Waals surface area contributed by atoms with Gasteiger partial charge in [0, 0.05) is 0 Å². The molecule has 1 saturated heterocycles. The molecule has 1 heterocycles. The molecule has 0 aromatic rings. The fourth-order valence-corrected chi connectivity index (χ4v) is 4.38. The number of hydrogen-bond acceptors (Lipinski definition) is 4. The van der Waals surface area contributed by atoms with Crippen molar-refractivity contribution < 1.29 is 19.5 Å². The topological polar surface area (TPSA) is 77.5 Å². The third kappa shape index (κ3) is 1.56. The van der Waals surface area contributed by atoms with E-state index < -0.39 is 12.0 Å². The first-order valence-corrected chi connectivity index (χ1v) is 7.01. The van der Waals surface area contributed by atoms with Gasteiger partial charge >= 0.3 is 0 Å². The van der Waals surface area contributed by atoms with Gasteiger partial charge in [0.2, 0.25) is 11.8 Å². The molecule has 0 aromatic heterocycles. The van der Waals surface area contributed by atoms with E-state index in [2.05, 4.69) is 0 Å². The summed E-state index contributed by atoms with van der Waals surface area (Å²) >= 11 is 0. The Morgan fingerprint density at radius 3 is 2.00 bits per heavy atom. The molecule has 2 amide bonds. The van der Waals surface area contributed by atoms with E-state index in [0.717, 1.165) is 24.2 Å². The van der Waals surface area contributed by atoms with Crippen LogP contribution in [-0.2, 0) is 14.4 Å². The minimum absolute atomic E-state index is 0.258. The summed E-state index contributed by atoms with van der Waals surface area (Å²) in [5.74, 6) is -2.15. The largest absolute Gasteiger partial charge is 0.548 e. The number of aliphatic carboxylic acids is 1. The van der Waals surface area contributed by atoms with Gasteiger partial charge in [0.05, 0.1) is 23.8 Å². The third-order valence-electron chi connectivity index (χ3n) is 5.11. The van der Waals surface area contributed by atoms with Crippen molar-refractivity contribution in [2.45, 2.75) is 39.2 Å². The van der Waals surface area contributed by atoms with Gasteiger partial charge in [0.1, 0.15) is 0 Å². The normalized spacial score (nSPS) is 38.2. The van der Waals surface area contributed by atoms with E-state index in [1.54, 1.807) is 13.8 Å². The Labute approximate surface area is 112 Å². The SMILES string of the molecule is CC(C)[C@H](C(=O)[O-])N1C(=O)[C@@H]2[C@H]3CC[C@@H](C3)[C@@H]2C1=O. The lowest BCUT2D eigenvalue weighted by atomic mass is 9.81. The molecule has 19 heavy (non-hydrogen) atoms. The number of imide groups is 1. The summed E-state index contributed by atoms with van der Waals surface area (Å²) < 4.78 is 0. The van der Waals surface area contributed by atoms with Crippen LogP contribution >= 0.6 is 0 Å². The molecule has 2 saturated carbocycles. The molecule has 0 N–H and O–H groups in total. The first kappa shape index (κ1) is 12.6. The second-order valence-corrected chi connectivity index (χ2v) is 6.44. The number of nitrogens with zero attached hydrogens (tertiary/aromatic N) is 1. The second kappa shape index (κ2) is 4.05. The summed E-state index contributed by atoms with van der Waals surface area (Å²) in [5.41, 5.74) is 0. The van der Waals surface area contributed by atoms with Crippen molar-refractivity contribution in [1.29, 1.82) is 0 Å². The van der Waals surface area contributed by atoms with Crippen molar-refractivity contribution in [2.24, 2.45) is 29.6 Å². The van der Waals surface area contributed by atoms with Crippen LogP contribution in [-0.4, -0.2) is 28.7 Å². The van der Waals surface area contributed by atoms with Gasteiger partial charge < -0.3 is 9.90 Å². The fourth-order valence-electron chi connectivity index (χ4n) is 4.38. The third-order valence-corrected chi connectivity index (χ3v) is 5.11. The summed E-state index contributed by atoms with van der Waals surface area (Å²) in [6.45, 7) is 3.40. The van der Waals surface area contributed by atoms with Gasteiger partial charge in [-0.05, 0) is 37.0 Å². The number of rotatable bonds is 3. The zero-order valence-electron chi connectivity index (χ0n) is 11.2. The summed E-state index contributed by atoms with van der Waals surface area (Å²) in [4.78, 5) is 37.2. The zero-order valence-corrected chi connectivity index (χ0v) is 11.2. The number of carboxylic acids is 1. The van der Waals surface area contributed by atoms with E-state index in [1.807, 2.05) is 0 Å². The van der Waals surface area contributed by atoms with Gasteiger partial charge in [-0.3, -0.25) is 14.5 Å². The maximum absolute atomic E-state index is 12.5. The molecule has 2 aliphatic carbocycles. The summed E-state index contributed by atoms with van der Waals surface area (Å²) in [5, 5.41) is 11.3. The molecular weight excluding hydrogens is 246 g/mol. The number of carbonyl (C=O) groups excluding carboxylic acids is 3. The van der Waals surface area contributed by atoms with Crippen LogP contribution in [0.25, 0.3) is 0 Å². The van der Waals surface area contributed by atoms with Gasteiger partial charge in [-0.2, -0.15) is 0 Å². The Bertz CT molecular complexity index is 430. The van der Waals surface area contributed by atoms with Crippen molar-refractivity contribution in [1.82, 2.24) is 4.90 Å². The van der Waals surface area contributed by atoms with Gasteiger partial charge in [0.25, 0.3) is 0 Å². The monoisotopic (exact) mass is 264 g/mol. The smallest absolute Gasteiger partial charge is 0.234 e. The maximum atomic E-state index is 12.5. The number of hydrogen-bond donors (Lipinski definition) is 0. The molecule has 3 fully saturated rings. The number of carboxylic acid groups (broad SMARTS) is 1. The number of carbonyl (C=O) groups is 3. The average Bonchev–Trinajstić information content (AvgIpc) is 2.97. The minimum Gasteiger partial charge on any atom is -0.548 e. The number of fused-ring (bicyclic) bond motifs is 5. The quantitative estimate of drug-likeness (QED) is 0.661. The molecule has 5 nitrogen and oxygen atoms in total. The van der Waals surface area contributed by atoms with Crippen molar-refractivity contribution in [3.05, 3.63) is 0 Å². The molecule has 1 aliphatic heterocycles. The number of amides is 2. The maximum Gasteiger partial charge on any atom is 0.234 e. The molecule has 3 rings (SSSR count). The Morgan fingerprint density at radius 2 is 1.63 bits per heavy atom. The highest BCUT2D eigenvalue weighted by atomic mass is 16.4. The first-order chi connectivity index (χ1) is 8.93. The van der Waals surface area contributed by atoms with Gasteiger partial charge in [-0.1, -0.05) is 13.8 Å². The average molecular weight is 264 g/mol. The van der Waals surface area contributed by atoms with Crippen LogP contribution in [0, 0.1) is 29.6 Å². The van der Waals surface area contributed by atoms with Crippen LogP contribution < -0.4 is 5.11 Å². The van der Waals surface area contributed by atoms with Crippen LogP contribution in [0.15, 0.2) is 0 Å². The lowest BCUT2D eigenvalue weighted by Gasteiger charge is -2.31. The van der Waals surface area contributed by atoms with E-state index in [4.69, 9.17) is 0 Å². The van der Waals surface area contributed by atoms with Crippen molar-refractivity contribution in [2.75, 3.05) is 0 Å². The van der Waals surface area contributed by atoms with Crippen LogP contribution in [0.4, 0.5) is 0 Å². The fraction of sp³-hybridized carbons (Fsp3) is 0.786. The highest BCUT2D eigenvalue weighted by Crippen LogP contribution is 2.56. The standard InChI is InChI=1S/C14H19NO4/c1-6(2)11(14(18)19)15-12(16)9-7-3-4-8(5-7)10(9)13(15)17/h6-11H,3-5H2,1-2H3,(H,18,19)/p-1/t7-,8-,9-,10+,11+/m0/s1. The first-order valence-electron chi connectivity index (χ1n) is 7.01. The summed E-state index contributed by atoms with van der Waals surface area (Å²) in [6, 6.07) is -1.12. The molecule has 5 heteroatoms. The minimum atomic E-state index is -1.33. The van der Waals surface area contributed by atoms with Crippen molar-refractivity contribution in [3.8, 4) is 0 Å². The Morgan fingerprint density at radius 1 is 1.16 bits per heavy atom. The lowest BCUT2D eigenvalue weighted by molar-refractivity contribution is -0.312. The van der Waals surface area contributed by atoms with E-state index in [9.17, 15) is 19.5 Å². The van der Waals surface area contributed by atoms with Crippen LogP contribution in [0.1, 0.15) is 33.1 Å². The van der Waals surface area contributed by atoms with E-state index in [0.29, 0.717) is 0 Å². The highest BCUT2D eigenvalue weighted by Gasteiger charge is 2.62. The zero-order chi connectivity index (χ0) is 13.9. The van der Waals surface area contributed by atoms with Crippen molar-refractivity contribution >= 4 is 17.8 Å². The molecule has 3 aliphatic rings. The second-order valence-electron chi connectivity index (χ2n) is 6.44. The molecule has 0 unspecified atom stereocenters.